The molecule has 0 unspecified atom stereocenters. The molecule has 3 nitrogen and oxygen atoms in total. The van der Waals surface area contributed by atoms with Gasteiger partial charge in [-0.25, -0.2) is 9.37 Å². The van der Waals surface area contributed by atoms with Crippen LogP contribution in [0.2, 0.25) is 10.0 Å². The van der Waals surface area contributed by atoms with E-state index in [-0.39, 0.29) is 21.7 Å². The van der Waals surface area contributed by atoms with Crippen molar-refractivity contribution in [1.29, 1.82) is 0 Å². The third-order valence-electron chi connectivity index (χ3n) is 2.68. The van der Waals surface area contributed by atoms with Crippen molar-refractivity contribution < 1.29 is 14.2 Å². The minimum absolute atomic E-state index is 0.0419. The van der Waals surface area contributed by atoms with Gasteiger partial charge in [0.1, 0.15) is 5.82 Å². The number of halogens is 4. The van der Waals surface area contributed by atoms with Gasteiger partial charge in [-0.1, -0.05) is 23.2 Å². The second kappa shape index (κ2) is 6.08. The fraction of sp³-hybridized carbons (Fsp3) is 0.214. The Bertz CT molecular complexity index is 666. The molecule has 0 aliphatic heterocycles. The molecule has 0 atom stereocenters. The zero-order valence-corrected chi connectivity index (χ0v) is 14.2. The highest BCUT2D eigenvalue weighted by Gasteiger charge is 2.19. The van der Waals surface area contributed by atoms with E-state index in [1.54, 1.807) is 19.9 Å². The maximum absolute atomic E-state index is 13.1. The van der Waals surface area contributed by atoms with E-state index in [1.165, 1.54) is 6.20 Å². The van der Waals surface area contributed by atoms with Crippen molar-refractivity contribution in [2.24, 2.45) is 0 Å². The van der Waals surface area contributed by atoms with E-state index in [4.69, 9.17) is 27.9 Å². The van der Waals surface area contributed by atoms with Gasteiger partial charge < -0.3 is 9.84 Å². The van der Waals surface area contributed by atoms with Crippen LogP contribution in [0.5, 0.6) is 11.6 Å². The fourth-order valence-corrected chi connectivity index (χ4v) is 2.53. The zero-order valence-electron chi connectivity index (χ0n) is 11.1. The number of ether oxygens (including phenoxy) is 1. The smallest absolute Gasteiger partial charge is 0.233 e. The van der Waals surface area contributed by atoms with Gasteiger partial charge in [-0.15, -0.1) is 0 Å². The van der Waals surface area contributed by atoms with Gasteiger partial charge in [-0.05, 0) is 48.0 Å². The van der Waals surface area contributed by atoms with Crippen LogP contribution >= 0.6 is 39.1 Å². The van der Waals surface area contributed by atoms with Crippen LogP contribution in [0.25, 0.3) is 0 Å². The quantitative estimate of drug-likeness (QED) is 0.766. The molecule has 0 aliphatic rings. The maximum Gasteiger partial charge on any atom is 0.233 e. The summed E-state index contributed by atoms with van der Waals surface area (Å²) in [5.74, 6) is -0.232. The van der Waals surface area contributed by atoms with Gasteiger partial charge >= 0.3 is 0 Å². The van der Waals surface area contributed by atoms with Crippen molar-refractivity contribution in [2.75, 3.05) is 0 Å². The molecule has 2 aromatic rings. The van der Waals surface area contributed by atoms with E-state index in [0.717, 1.165) is 12.1 Å². The first kappa shape index (κ1) is 16.5. The second-order valence-corrected chi connectivity index (χ2v) is 6.54. The lowest BCUT2D eigenvalue weighted by Gasteiger charge is -2.18. The van der Waals surface area contributed by atoms with Crippen LogP contribution in [0.1, 0.15) is 19.4 Å². The molecule has 0 aliphatic carbocycles. The van der Waals surface area contributed by atoms with E-state index < -0.39 is 11.4 Å². The van der Waals surface area contributed by atoms with Crippen LogP contribution in [0.15, 0.2) is 28.9 Å². The monoisotopic (exact) mass is 393 g/mol. The predicted octanol–water partition coefficient (Wildman–Crippen LogP) is 5.31. The highest BCUT2D eigenvalue weighted by Crippen LogP contribution is 2.39. The molecule has 1 aromatic heterocycles. The lowest BCUT2D eigenvalue weighted by atomic mass is 10.0. The number of pyridine rings is 1. The van der Waals surface area contributed by atoms with Crippen LogP contribution in [0.3, 0.4) is 0 Å². The van der Waals surface area contributed by atoms with Gasteiger partial charge in [0, 0.05) is 11.8 Å². The maximum atomic E-state index is 13.1. The first-order valence-electron chi connectivity index (χ1n) is 5.89. The summed E-state index contributed by atoms with van der Waals surface area (Å²) < 4.78 is 19.2. The minimum atomic E-state index is -1.03. The molecule has 1 heterocycles. The average molecular weight is 395 g/mol. The highest BCUT2D eigenvalue weighted by atomic mass is 79.9. The number of nitrogens with zero attached hydrogens (tertiary/aromatic N) is 1. The molecular formula is C14H11BrCl2FNO2. The van der Waals surface area contributed by atoms with Crippen molar-refractivity contribution in [1.82, 2.24) is 4.98 Å². The van der Waals surface area contributed by atoms with Crippen LogP contribution in [-0.2, 0) is 5.60 Å². The summed E-state index contributed by atoms with van der Waals surface area (Å²) in [7, 11) is 0. The predicted molar refractivity (Wildman–Crippen MR) is 83.7 cm³/mol. The van der Waals surface area contributed by atoms with Gasteiger partial charge in [0.25, 0.3) is 0 Å². The summed E-state index contributed by atoms with van der Waals surface area (Å²) in [5.41, 5.74) is -0.419. The summed E-state index contributed by atoms with van der Waals surface area (Å²) in [5, 5.41) is 10.0. The molecule has 0 saturated heterocycles. The van der Waals surface area contributed by atoms with Crippen molar-refractivity contribution >= 4 is 39.1 Å². The molecule has 0 radical (unpaired) electrons. The Morgan fingerprint density at radius 1 is 1.24 bits per heavy atom. The van der Waals surface area contributed by atoms with Crippen molar-refractivity contribution in [2.45, 2.75) is 19.4 Å². The largest absolute Gasteiger partial charge is 0.435 e. The summed E-state index contributed by atoms with van der Waals surface area (Å²) >= 11 is 15.1. The molecule has 2 rings (SSSR count). The van der Waals surface area contributed by atoms with E-state index in [0.29, 0.717) is 10.0 Å². The van der Waals surface area contributed by atoms with Gasteiger partial charge in [-0.3, -0.25) is 0 Å². The Morgan fingerprint density at radius 3 is 2.29 bits per heavy atom. The van der Waals surface area contributed by atoms with Crippen molar-refractivity contribution in [3.8, 4) is 11.6 Å². The molecule has 21 heavy (non-hydrogen) atoms. The van der Waals surface area contributed by atoms with Gasteiger partial charge in [0.15, 0.2) is 5.75 Å². The average Bonchev–Trinajstić information content (AvgIpc) is 2.33. The molecule has 0 fully saturated rings. The Labute approximate surface area is 139 Å². The number of hydrogen-bond donors (Lipinski definition) is 1. The van der Waals surface area contributed by atoms with E-state index in [1.807, 2.05) is 0 Å². The molecule has 1 aromatic carbocycles. The van der Waals surface area contributed by atoms with Gasteiger partial charge in [0.2, 0.25) is 5.88 Å². The molecule has 0 saturated carbocycles. The molecule has 112 valence electrons. The molecule has 1 N–H and O–H groups in total. The lowest BCUT2D eigenvalue weighted by Crippen LogP contribution is -2.15. The van der Waals surface area contributed by atoms with E-state index in [9.17, 15) is 9.50 Å². The summed E-state index contributed by atoms with van der Waals surface area (Å²) in [6.07, 6.45) is 1.48. The number of hydrogen-bond acceptors (Lipinski definition) is 3. The van der Waals surface area contributed by atoms with Crippen molar-refractivity contribution in [3.63, 3.8) is 0 Å². The Balaban J connectivity index is 2.37. The normalized spacial score (nSPS) is 11.6. The van der Waals surface area contributed by atoms with Crippen LogP contribution < -0.4 is 4.74 Å². The minimum Gasteiger partial charge on any atom is -0.435 e. The molecular weight excluding hydrogens is 384 g/mol. The third-order valence-corrected chi connectivity index (χ3v) is 3.81. The second-order valence-electron chi connectivity index (χ2n) is 4.87. The molecule has 7 heteroatoms. The Hall–Kier alpha value is -0.880. The van der Waals surface area contributed by atoms with Crippen LogP contribution in [0, 0.1) is 5.82 Å². The van der Waals surface area contributed by atoms with Gasteiger partial charge in [0.05, 0.1) is 20.1 Å². The lowest BCUT2D eigenvalue weighted by molar-refractivity contribution is 0.0781. The van der Waals surface area contributed by atoms with Crippen LogP contribution in [0.4, 0.5) is 4.39 Å². The summed E-state index contributed by atoms with van der Waals surface area (Å²) in [4.78, 5) is 4.10. The molecule has 0 amide bonds. The van der Waals surface area contributed by atoms with Crippen molar-refractivity contribution in [3.05, 3.63) is 50.3 Å². The number of benzene rings is 1. The zero-order chi connectivity index (χ0) is 15.8. The summed E-state index contributed by atoms with van der Waals surface area (Å²) in [6, 6.07) is 3.87. The van der Waals surface area contributed by atoms with Crippen LogP contribution in [-0.4, -0.2) is 10.1 Å². The number of rotatable bonds is 3. The van der Waals surface area contributed by atoms with E-state index >= 15 is 0 Å². The number of aromatic nitrogens is 1. The van der Waals surface area contributed by atoms with E-state index in [2.05, 4.69) is 20.9 Å². The SMILES string of the molecule is CC(C)(O)c1cnc(Oc2c(Cl)cc(F)cc2Cl)c(Br)c1. The first-order valence-corrected chi connectivity index (χ1v) is 7.44. The highest BCUT2D eigenvalue weighted by molar-refractivity contribution is 9.10. The molecule has 0 bridgehead atoms. The molecule has 0 spiro atoms. The Kier molecular flexibility index (Phi) is 4.78. The van der Waals surface area contributed by atoms with Gasteiger partial charge in [-0.2, -0.15) is 0 Å². The third kappa shape index (κ3) is 3.86. The topological polar surface area (TPSA) is 42.4 Å². The number of aliphatic hydroxyl groups is 1. The standard InChI is InChI=1S/C14H11BrCl2FNO2/c1-14(2,20)7-3-9(15)13(19-6-7)21-12-10(16)4-8(18)5-11(12)17/h3-6,20H,1-2H3. The first-order chi connectivity index (χ1) is 9.68. The fourth-order valence-electron chi connectivity index (χ4n) is 1.56. The summed E-state index contributed by atoms with van der Waals surface area (Å²) in [6.45, 7) is 3.29. The Morgan fingerprint density at radius 2 is 1.81 bits per heavy atom.